The van der Waals surface area contributed by atoms with Crippen molar-refractivity contribution in [2.45, 2.75) is 263 Å². The highest BCUT2D eigenvalue weighted by molar-refractivity contribution is 5.76. The highest BCUT2D eigenvalue weighted by Crippen LogP contribution is 2.16. The summed E-state index contributed by atoms with van der Waals surface area (Å²) in [6.07, 6.45) is 47.5. The SMILES string of the molecule is CCCCCCCCCCCCCC/C=C\CCCCCCCCC(O)CC(=O)NC(CO)C(O)CCCCCCCCCCCCCCC. The van der Waals surface area contributed by atoms with Crippen LogP contribution in [0.2, 0.25) is 0 Å². The van der Waals surface area contributed by atoms with Gasteiger partial charge >= 0.3 is 0 Å². The standard InChI is InChI=1S/C45H89NO4/c1-3-5-7-9-11-13-15-17-18-19-20-21-22-23-24-25-27-28-30-32-34-36-38-42(48)40-45(50)46-43(41-47)44(49)39-37-35-33-31-29-26-16-14-12-10-8-6-4-2/h23-24,42-44,47-49H,3-22,25-41H2,1-2H3,(H,46,50)/b24-23-. The Balaban J connectivity index is 3.58. The third-order valence-corrected chi connectivity index (χ3v) is 10.6. The van der Waals surface area contributed by atoms with E-state index < -0.39 is 18.2 Å². The quantitative estimate of drug-likeness (QED) is 0.0376. The van der Waals surface area contributed by atoms with Crippen LogP contribution in [-0.4, -0.2) is 46.1 Å². The number of hydrogen-bond acceptors (Lipinski definition) is 4. The van der Waals surface area contributed by atoms with Gasteiger partial charge in [0.25, 0.3) is 0 Å². The molecule has 4 N–H and O–H groups in total. The maximum atomic E-state index is 12.4. The molecule has 0 rings (SSSR count). The molecule has 0 aromatic carbocycles. The molecule has 0 spiro atoms. The number of amides is 1. The molecular weight excluding hydrogens is 618 g/mol. The number of unbranched alkanes of at least 4 members (excludes halogenated alkanes) is 30. The van der Waals surface area contributed by atoms with E-state index in [-0.39, 0.29) is 18.9 Å². The molecule has 0 aromatic heterocycles. The Kier molecular flexibility index (Phi) is 40.1. The smallest absolute Gasteiger partial charge is 0.222 e. The van der Waals surface area contributed by atoms with E-state index in [1.807, 2.05) is 0 Å². The van der Waals surface area contributed by atoms with Gasteiger partial charge < -0.3 is 20.6 Å². The van der Waals surface area contributed by atoms with Gasteiger partial charge in [-0.3, -0.25) is 4.79 Å². The average Bonchev–Trinajstić information content (AvgIpc) is 3.11. The molecule has 5 heteroatoms. The van der Waals surface area contributed by atoms with E-state index in [2.05, 4.69) is 31.3 Å². The second kappa shape index (κ2) is 40.9. The molecule has 0 aliphatic rings. The van der Waals surface area contributed by atoms with Crippen molar-refractivity contribution in [1.82, 2.24) is 5.32 Å². The van der Waals surface area contributed by atoms with Crippen LogP contribution in [0.3, 0.4) is 0 Å². The van der Waals surface area contributed by atoms with Crippen LogP contribution in [0, 0.1) is 0 Å². The first-order valence-corrected chi connectivity index (χ1v) is 22.5. The second-order valence-electron chi connectivity index (χ2n) is 15.7. The fourth-order valence-electron chi connectivity index (χ4n) is 7.11. The van der Waals surface area contributed by atoms with Crippen LogP contribution in [0.25, 0.3) is 0 Å². The second-order valence-corrected chi connectivity index (χ2v) is 15.7. The number of allylic oxidation sites excluding steroid dienone is 2. The molecule has 0 fully saturated rings. The third-order valence-electron chi connectivity index (χ3n) is 10.6. The Morgan fingerprint density at radius 1 is 0.480 bits per heavy atom. The molecule has 3 atom stereocenters. The van der Waals surface area contributed by atoms with Gasteiger partial charge in [-0.2, -0.15) is 0 Å². The van der Waals surface area contributed by atoms with Crippen LogP contribution in [0.15, 0.2) is 12.2 Å². The Labute approximate surface area is 312 Å². The Morgan fingerprint density at radius 2 is 0.800 bits per heavy atom. The van der Waals surface area contributed by atoms with E-state index >= 15 is 0 Å². The summed E-state index contributed by atoms with van der Waals surface area (Å²) in [6.45, 7) is 4.27. The lowest BCUT2D eigenvalue weighted by molar-refractivity contribution is -0.125. The van der Waals surface area contributed by atoms with E-state index in [9.17, 15) is 20.1 Å². The predicted molar refractivity (Wildman–Crippen MR) is 218 cm³/mol. The number of hydrogen-bond donors (Lipinski definition) is 4. The fraction of sp³-hybridized carbons (Fsp3) is 0.933. The summed E-state index contributed by atoms with van der Waals surface area (Å²) in [5.41, 5.74) is 0. The Hall–Kier alpha value is -0.910. The molecule has 0 aromatic rings. The zero-order chi connectivity index (χ0) is 36.6. The van der Waals surface area contributed by atoms with Crippen LogP contribution in [0.5, 0.6) is 0 Å². The van der Waals surface area contributed by atoms with Gasteiger partial charge in [0.05, 0.1) is 31.3 Å². The van der Waals surface area contributed by atoms with E-state index in [1.54, 1.807) is 0 Å². The topological polar surface area (TPSA) is 89.8 Å². The third kappa shape index (κ3) is 36.9. The summed E-state index contributed by atoms with van der Waals surface area (Å²) >= 11 is 0. The lowest BCUT2D eigenvalue weighted by Gasteiger charge is -2.23. The zero-order valence-corrected chi connectivity index (χ0v) is 33.8. The Bertz CT molecular complexity index is 699. The summed E-state index contributed by atoms with van der Waals surface area (Å²) in [4.78, 5) is 12.4. The summed E-state index contributed by atoms with van der Waals surface area (Å²) < 4.78 is 0. The largest absolute Gasteiger partial charge is 0.394 e. The highest BCUT2D eigenvalue weighted by atomic mass is 16.3. The van der Waals surface area contributed by atoms with Crippen LogP contribution in [0.1, 0.15) is 245 Å². The number of nitrogens with one attached hydrogen (secondary N) is 1. The van der Waals surface area contributed by atoms with Gasteiger partial charge in [0.2, 0.25) is 5.91 Å². The number of carbonyl (C=O) groups excluding carboxylic acids is 1. The van der Waals surface area contributed by atoms with Gasteiger partial charge in [-0.25, -0.2) is 0 Å². The maximum absolute atomic E-state index is 12.4. The van der Waals surface area contributed by atoms with Crippen molar-refractivity contribution < 1.29 is 20.1 Å². The van der Waals surface area contributed by atoms with Gasteiger partial charge in [-0.15, -0.1) is 0 Å². The fourth-order valence-corrected chi connectivity index (χ4v) is 7.11. The average molecular weight is 708 g/mol. The van der Waals surface area contributed by atoms with Crippen LogP contribution in [0.4, 0.5) is 0 Å². The lowest BCUT2D eigenvalue weighted by Crippen LogP contribution is -2.46. The highest BCUT2D eigenvalue weighted by Gasteiger charge is 2.21. The van der Waals surface area contributed by atoms with Crippen molar-refractivity contribution >= 4 is 5.91 Å². The molecule has 0 saturated carbocycles. The molecule has 0 saturated heterocycles. The molecule has 5 nitrogen and oxygen atoms in total. The van der Waals surface area contributed by atoms with Gasteiger partial charge in [0.15, 0.2) is 0 Å². The molecule has 3 unspecified atom stereocenters. The molecule has 0 bridgehead atoms. The van der Waals surface area contributed by atoms with E-state index in [0.29, 0.717) is 12.8 Å². The van der Waals surface area contributed by atoms with Crippen molar-refractivity contribution in [1.29, 1.82) is 0 Å². The molecule has 0 radical (unpaired) electrons. The summed E-state index contributed by atoms with van der Waals surface area (Å²) in [5, 5.41) is 33.4. The number of aliphatic hydroxyl groups excluding tert-OH is 3. The van der Waals surface area contributed by atoms with E-state index in [0.717, 1.165) is 25.7 Å². The molecule has 0 aliphatic carbocycles. The van der Waals surface area contributed by atoms with Crippen LogP contribution >= 0.6 is 0 Å². The summed E-state index contributed by atoms with van der Waals surface area (Å²) in [5.74, 6) is -0.284. The van der Waals surface area contributed by atoms with Crippen molar-refractivity contribution in [2.75, 3.05) is 6.61 Å². The molecule has 50 heavy (non-hydrogen) atoms. The van der Waals surface area contributed by atoms with Crippen molar-refractivity contribution in [3.05, 3.63) is 12.2 Å². The number of aliphatic hydroxyl groups is 3. The minimum Gasteiger partial charge on any atom is -0.394 e. The van der Waals surface area contributed by atoms with E-state index in [1.165, 1.54) is 186 Å². The number of carbonyl (C=O) groups is 1. The van der Waals surface area contributed by atoms with Crippen LogP contribution in [-0.2, 0) is 4.79 Å². The first-order valence-electron chi connectivity index (χ1n) is 22.5. The summed E-state index contributed by atoms with van der Waals surface area (Å²) in [6, 6.07) is -0.656. The first kappa shape index (κ1) is 49.1. The van der Waals surface area contributed by atoms with E-state index in [4.69, 9.17) is 0 Å². The first-order chi connectivity index (χ1) is 24.5. The van der Waals surface area contributed by atoms with Crippen molar-refractivity contribution in [3.63, 3.8) is 0 Å². The molecule has 0 aliphatic heterocycles. The van der Waals surface area contributed by atoms with Crippen molar-refractivity contribution in [2.24, 2.45) is 0 Å². The maximum Gasteiger partial charge on any atom is 0.222 e. The number of rotatable bonds is 41. The Morgan fingerprint density at radius 3 is 1.16 bits per heavy atom. The normalized spacial score (nSPS) is 13.6. The minimum atomic E-state index is -0.747. The lowest BCUT2D eigenvalue weighted by atomic mass is 10.0. The zero-order valence-electron chi connectivity index (χ0n) is 33.8. The minimum absolute atomic E-state index is 0.0353. The molecule has 1 amide bonds. The molecular formula is C45H89NO4. The van der Waals surface area contributed by atoms with Gasteiger partial charge in [-0.05, 0) is 38.5 Å². The molecule has 0 heterocycles. The summed E-state index contributed by atoms with van der Waals surface area (Å²) in [7, 11) is 0. The van der Waals surface area contributed by atoms with Gasteiger partial charge in [-0.1, -0.05) is 212 Å². The predicted octanol–water partition coefficient (Wildman–Crippen LogP) is 12.8. The van der Waals surface area contributed by atoms with Crippen molar-refractivity contribution in [3.8, 4) is 0 Å². The monoisotopic (exact) mass is 708 g/mol. The van der Waals surface area contributed by atoms with Crippen LogP contribution < -0.4 is 5.32 Å². The van der Waals surface area contributed by atoms with Gasteiger partial charge in [0.1, 0.15) is 0 Å². The van der Waals surface area contributed by atoms with Gasteiger partial charge in [0, 0.05) is 0 Å². The molecule has 298 valence electrons.